The summed E-state index contributed by atoms with van der Waals surface area (Å²) in [6.45, 7) is 2.02. The molecule has 0 aliphatic carbocycles. The molecule has 0 radical (unpaired) electrons. The molecule has 18 heavy (non-hydrogen) atoms. The molecule has 0 saturated heterocycles. The molecule has 0 bridgehead atoms. The number of non-ortho nitro benzene ring substituents is 1. The van der Waals surface area contributed by atoms with Gasteiger partial charge in [-0.2, -0.15) is 0 Å². The predicted octanol–water partition coefficient (Wildman–Crippen LogP) is 3.30. The maximum Gasteiger partial charge on any atom is 0.269 e. The second kappa shape index (κ2) is 5.15. The summed E-state index contributed by atoms with van der Waals surface area (Å²) in [6.07, 6.45) is 0. The van der Waals surface area contributed by atoms with E-state index < -0.39 is 4.92 Å². The number of nitro benzene ring substituents is 1. The first-order valence-corrected chi connectivity index (χ1v) is 5.48. The van der Waals surface area contributed by atoms with Crippen molar-refractivity contribution in [2.75, 3.05) is 0 Å². The Bertz CT molecular complexity index is 616. The standard InChI is InChI=1S/C15H11NO2/c1-12-2-4-13(5-3-12)6-7-14-8-10-15(11-9-14)16(17)18/h2-5,8-11H,1H3. The van der Waals surface area contributed by atoms with E-state index >= 15 is 0 Å². The summed E-state index contributed by atoms with van der Waals surface area (Å²) in [6, 6.07) is 14.1. The molecule has 88 valence electrons. The fraction of sp³-hybridized carbons (Fsp3) is 0.0667. The van der Waals surface area contributed by atoms with Crippen LogP contribution < -0.4 is 0 Å². The van der Waals surface area contributed by atoms with E-state index in [1.165, 1.54) is 17.7 Å². The zero-order valence-corrected chi connectivity index (χ0v) is 9.88. The van der Waals surface area contributed by atoms with Gasteiger partial charge < -0.3 is 0 Å². The highest BCUT2D eigenvalue weighted by Gasteiger charge is 2.02. The summed E-state index contributed by atoms with van der Waals surface area (Å²) in [5, 5.41) is 10.5. The van der Waals surface area contributed by atoms with Crippen molar-refractivity contribution in [1.82, 2.24) is 0 Å². The number of nitro groups is 1. The molecular weight excluding hydrogens is 226 g/mol. The number of nitrogens with zero attached hydrogens (tertiary/aromatic N) is 1. The lowest BCUT2D eigenvalue weighted by atomic mass is 10.1. The Morgan fingerprint density at radius 2 is 1.33 bits per heavy atom. The van der Waals surface area contributed by atoms with Gasteiger partial charge in [-0.1, -0.05) is 29.5 Å². The second-order valence-electron chi connectivity index (χ2n) is 3.92. The van der Waals surface area contributed by atoms with Crippen molar-refractivity contribution in [3.05, 3.63) is 75.3 Å². The summed E-state index contributed by atoms with van der Waals surface area (Å²) in [5.74, 6) is 5.99. The van der Waals surface area contributed by atoms with Crippen LogP contribution in [0.1, 0.15) is 16.7 Å². The summed E-state index contributed by atoms with van der Waals surface area (Å²) in [4.78, 5) is 10.1. The highest BCUT2D eigenvalue weighted by atomic mass is 16.6. The zero-order chi connectivity index (χ0) is 13.0. The lowest BCUT2D eigenvalue weighted by Gasteiger charge is -1.93. The van der Waals surface area contributed by atoms with Crippen LogP contribution in [-0.4, -0.2) is 4.92 Å². The molecule has 0 atom stereocenters. The van der Waals surface area contributed by atoms with Gasteiger partial charge in [0.2, 0.25) is 0 Å². The minimum Gasteiger partial charge on any atom is -0.258 e. The van der Waals surface area contributed by atoms with Crippen LogP contribution in [0, 0.1) is 28.9 Å². The van der Waals surface area contributed by atoms with Crippen LogP contribution in [0.25, 0.3) is 0 Å². The minimum absolute atomic E-state index is 0.0795. The third-order valence-electron chi connectivity index (χ3n) is 2.48. The Balaban J connectivity index is 2.19. The van der Waals surface area contributed by atoms with Gasteiger partial charge in [0.05, 0.1) is 4.92 Å². The first-order valence-electron chi connectivity index (χ1n) is 5.48. The number of aryl methyl sites for hydroxylation is 1. The van der Waals surface area contributed by atoms with Gasteiger partial charge in [0.15, 0.2) is 0 Å². The lowest BCUT2D eigenvalue weighted by Crippen LogP contribution is -1.86. The van der Waals surface area contributed by atoms with Crippen LogP contribution in [0.15, 0.2) is 48.5 Å². The Labute approximate surface area is 105 Å². The number of rotatable bonds is 1. The highest BCUT2D eigenvalue weighted by Crippen LogP contribution is 2.11. The van der Waals surface area contributed by atoms with Gasteiger partial charge >= 0.3 is 0 Å². The summed E-state index contributed by atoms with van der Waals surface area (Å²) in [5.41, 5.74) is 2.96. The van der Waals surface area contributed by atoms with Crippen molar-refractivity contribution in [2.45, 2.75) is 6.92 Å². The normalized spacial score (nSPS) is 9.39. The van der Waals surface area contributed by atoms with E-state index in [4.69, 9.17) is 0 Å². The minimum atomic E-state index is -0.419. The van der Waals surface area contributed by atoms with Crippen molar-refractivity contribution in [3.8, 4) is 11.8 Å². The molecule has 2 rings (SSSR count). The van der Waals surface area contributed by atoms with Gasteiger partial charge in [0.1, 0.15) is 0 Å². The fourth-order valence-electron chi connectivity index (χ4n) is 1.45. The van der Waals surface area contributed by atoms with E-state index in [2.05, 4.69) is 11.8 Å². The first kappa shape index (κ1) is 11.9. The zero-order valence-electron chi connectivity index (χ0n) is 9.88. The molecule has 2 aromatic carbocycles. The third kappa shape index (κ3) is 2.96. The van der Waals surface area contributed by atoms with Crippen molar-refractivity contribution in [1.29, 1.82) is 0 Å². The first-order chi connectivity index (χ1) is 8.65. The van der Waals surface area contributed by atoms with Crippen molar-refractivity contribution in [2.24, 2.45) is 0 Å². The molecule has 3 nitrogen and oxygen atoms in total. The van der Waals surface area contributed by atoms with Crippen LogP contribution in [-0.2, 0) is 0 Å². The van der Waals surface area contributed by atoms with Crippen molar-refractivity contribution >= 4 is 5.69 Å². The van der Waals surface area contributed by atoms with E-state index in [0.29, 0.717) is 0 Å². The summed E-state index contributed by atoms with van der Waals surface area (Å²) in [7, 11) is 0. The molecule has 0 N–H and O–H groups in total. The molecule has 0 amide bonds. The van der Waals surface area contributed by atoms with Gasteiger partial charge in [-0.3, -0.25) is 10.1 Å². The Morgan fingerprint density at radius 1 is 0.889 bits per heavy atom. The number of hydrogen-bond acceptors (Lipinski definition) is 2. The van der Waals surface area contributed by atoms with Crippen LogP contribution in [0.2, 0.25) is 0 Å². The monoisotopic (exact) mass is 237 g/mol. The maximum atomic E-state index is 10.5. The molecule has 0 aliphatic rings. The molecule has 0 aliphatic heterocycles. The Hall–Kier alpha value is -2.60. The Morgan fingerprint density at radius 3 is 1.78 bits per heavy atom. The summed E-state index contributed by atoms with van der Waals surface area (Å²) >= 11 is 0. The molecule has 2 aromatic rings. The lowest BCUT2D eigenvalue weighted by molar-refractivity contribution is -0.384. The van der Waals surface area contributed by atoms with Crippen molar-refractivity contribution in [3.63, 3.8) is 0 Å². The van der Waals surface area contributed by atoms with Gasteiger partial charge in [-0.15, -0.1) is 0 Å². The smallest absolute Gasteiger partial charge is 0.258 e. The largest absolute Gasteiger partial charge is 0.269 e. The van der Waals surface area contributed by atoms with E-state index in [-0.39, 0.29) is 5.69 Å². The molecule has 0 aromatic heterocycles. The molecule has 0 heterocycles. The fourth-order valence-corrected chi connectivity index (χ4v) is 1.45. The van der Waals surface area contributed by atoms with Gasteiger partial charge in [0, 0.05) is 23.3 Å². The highest BCUT2D eigenvalue weighted by molar-refractivity contribution is 5.45. The molecule has 0 fully saturated rings. The molecular formula is C15H11NO2. The van der Waals surface area contributed by atoms with E-state index in [9.17, 15) is 10.1 Å². The van der Waals surface area contributed by atoms with E-state index in [1.54, 1.807) is 12.1 Å². The van der Waals surface area contributed by atoms with Gasteiger partial charge in [0.25, 0.3) is 5.69 Å². The van der Waals surface area contributed by atoms with Gasteiger partial charge in [-0.25, -0.2) is 0 Å². The molecule has 3 heteroatoms. The molecule has 0 saturated carbocycles. The van der Waals surface area contributed by atoms with Crippen LogP contribution >= 0.6 is 0 Å². The van der Waals surface area contributed by atoms with Crippen LogP contribution in [0.4, 0.5) is 5.69 Å². The molecule has 0 unspecified atom stereocenters. The maximum absolute atomic E-state index is 10.5. The number of benzene rings is 2. The Kier molecular flexibility index (Phi) is 3.40. The second-order valence-corrected chi connectivity index (χ2v) is 3.92. The molecule has 0 spiro atoms. The van der Waals surface area contributed by atoms with Crippen LogP contribution in [0.3, 0.4) is 0 Å². The predicted molar refractivity (Wildman–Crippen MR) is 70.3 cm³/mol. The average Bonchev–Trinajstić information content (AvgIpc) is 2.38. The quantitative estimate of drug-likeness (QED) is 0.434. The van der Waals surface area contributed by atoms with E-state index in [0.717, 1.165) is 11.1 Å². The summed E-state index contributed by atoms with van der Waals surface area (Å²) < 4.78 is 0. The average molecular weight is 237 g/mol. The van der Waals surface area contributed by atoms with Crippen molar-refractivity contribution < 1.29 is 4.92 Å². The van der Waals surface area contributed by atoms with Gasteiger partial charge in [-0.05, 0) is 31.2 Å². The third-order valence-corrected chi connectivity index (χ3v) is 2.48. The SMILES string of the molecule is Cc1ccc(C#Cc2ccc([N+](=O)[O-])cc2)cc1. The van der Waals surface area contributed by atoms with Crippen LogP contribution in [0.5, 0.6) is 0 Å². The number of hydrogen-bond donors (Lipinski definition) is 0. The van der Waals surface area contributed by atoms with E-state index in [1.807, 2.05) is 31.2 Å². The topological polar surface area (TPSA) is 43.1 Å².